The van der Waals surface area contributed by atoms with Gasteiger partial charge in [0.2, 0.25) is 0 Å². The van der Waals surface area contributed by atoms with E-state index in [1.54, 1.807) is 0 Å². The van der Waals surface area contributed by atoms with Crippen molar-refractivity contribution in [2.45, 2.75) is 0 Å². The molecule has 3 aromatic carbocycles. The third kappa shape index (κ3) is 2.99. The molecule has 0 bridgehead atoms. The standard InChI is InChI=1S/C24H16IN3/c25-22-23(19-14-8-3-9-15-19)27-28-21(18-12-6-2-7-13-18)16-20(26-24(22)28)17-10-4-1-5-11-17/h1-16H. The fourth-order valence-corrected chi connectivity index (χ4v) is 4.11. The van der Waals surface area contributed by atoms with Crippen LogP contribution < -0.4 is 0 Å². The van der Waals surface area contributed by atoms with Gasteiger partial charge in [-0.3, -0.25) is 0 Å². The van der Waals surface area contributed by atoms with Crippen LogP contribution in [0.15, 0.2) is 97.1 Å². The lowest BCUT2D eigenvalue weighted by molar-refractivity contribution is 0.953. The summed E-state index contributed by atoms with van der Waals surface area (Å²) >= 11 is 2.36. The lowest BCUT2D eigenvalue weighted by Crippen LogP contribution is -1.98. The number of benzene rings is 3. The predicted octanol–water partition coefficient (Wildman–Crippen LogP) is 6.33. The molecule has 134 valence electrons. The molecule has 0 spiro atoms. The highest BCUT2D eigenvalue weighted by Crippen LogP contribution is 2.32. The van der Waals surface area contributed by atoms with Crippen LogP contribution in [0.25, 0.3) is 39.4 Å². The van der Waals surface area contributed by atoms with Crippen LogP contribution in [0.2, 0.25) is 0 Å². The number of fused-ring (bicyclic) bond motifs is 1. The highest BCUT2D eigenvalue weighted by atomic mass is 127. The van der Waals surface area contributed by atoms with E-state index in [9.17, 15) is 0 Å². The molecular weight excluding hydrogens is 457 g/mol. The van der Waals surface area contributed by atoms with E-state index in [0.717, 1.165) is 43.0 Å². The monoisotopic (exact) mass is 473 g/mol. The van der Waals surface area contributed by atoms with Crippen LogP contribution in [-0.4, -0.2) is 14.6 Å². The minimum absolute atomic E-state index is 0.875. The lowest BCUT2D eigenvalue weighted by Gasteiger charge is -2.08. The first kappa shape index (κ1) is 17.1. The molecule has 0 aliphatic carbocycles. The zero-order valence-corrected chi connectivity index (χ0v) is 17.1. The summed E-state index contributed by atoms with van der Waals surface area (Å²) in [5, 5.41) is 4.94. The Morgan fingerprint density at radius 2 is 1.18 bits per heavy atom. The zero-order chi connectivity index (χ0) is 18.9. The van der Waals surface area contributed by atoms with Crippen molar-refractivity contribution in [1.82, 2.24) is 14.6 Å². The Kier molecular flexibility index (Phi) is 4.41. The number of rotatable bonds is 3. The van der Waals surface area contributed by atoms with Gasteiger partial charge in [-0.2, -0.15) is 5.10 Å². The van der Waals surface area contributed by atoms with E-state index < -0.39 is 0 Å². The molecule has 0 aliphatic heterocycles. The van der Waals surface area contributed by atoms with E-state index in [2.05, 4.69) is 77.2 Å². The van der Waals surface area contributed by atoms with Crippen molar-refractivity contribution in [3.63, 3.8) is 0 Å². The Labute approximate surface area is 176 Å². The second-order valence-corrected chi connectivity index (χ2v) is 7.60. The number of aromatic nitrogens is 3. The van der Waals surface area contributed by atoms with Crippen molar-refractivity contribution >= 4 is 28.2 Å². The fourth-order valence-electron chi connectivity index (χ4n) is 3.34. The van der Waals surface area contributed by atoms with Gasteiger partial charge in [0.1, 0.15) is 5.69 Å². The molecule has 0 radical (unpaired) electrons. The van der Waals surface area contributed by atoms with E-state index in [1.807, 2.05) is 47.0 Å². The molecule has 2 heterocycles. The molecule has 3 nitrogen and oxygen atoms in total. The van der Waals surface area contributed by atoms with Crippen LogP contribution in [0.4, 0.5) is 0 Å². The minimum atomic E-state index is 0.875. The molecule has 0 N–H and O–H groups in total. The summed E-state index contributed by atoms with van der Waals surface area (Å²) in [6.45, 7) is 0. The molecule has 0 unspecified atom stereocenters. The molecule has 4 heteroatoms. The summed E-state index contributed by atoms with van der Waals surface area (Å²) in [6.07, 6.45) is 0. The van der Waals surface area contributed by atoms with Gasteiger partial charge in [-0.15, -0.1) is 0 Å². The van der Waals surface area contributed by atoms with Gasteiger partial charge in [0, 0.05) is 16.7 Å². The largest absolute Gasteiger partial charge is 0.227 e. The van der Waals surface area contributed by atoms with Crippen molar-refractivity contribution in [3.8, 4) is 33.8 Å². The first-order valence-corrected chi connectivity index (χ1v) is 10.1. The second kappa shape index (κ2) is 7.20. The van der Waals surface area contributed by atoms with Crippen molar-refractivity contribution in [3.05, 3.63) is 101 Å². The van der Waals surface area contributed by atoms with Gasteiger partial charge in [0.05, 0.1) is 15.0 Å². The van der Waals surface area contributed by atoms with Gasteiger partial charge in [-0.1, -0.05) is 91.0 Å². The Bertz CT molecular complexity index is 1250. The summed E-state index contributed by atoms with van der Waals surface area (Å²) < 4.78 is 3.02. The third-order valence-electron chi connectivity index (χ3n) is 4.72. The Balaban J connectivity index is 1.83. The highest BCUT2D eigenvalue weighted by molar-refractivity contribution is 14.1. The van der Waals surface area contributed by atoms with Crippen LogP contribution in [0.5, 0.6) is 0 Å². The highest BCUT2D eigenvalue weighted by Gasteiger charge is 2.18. The van der Waals surface area contributed by atoms with Gasteiger partial charge in [-0.25, -0.2) is 9.50 Å². The topological polar surface area (TPSA) is 30.2 Å². The van der Waals surface area contributed by atoms with Crippen molar-refractivity contribution < 1.29 is 0 Å². The molecule has 5 rings (SSSR count). The SMILES string of the molecule is Ic1c(-c2ccccc2)nn2c(-c3ccccc3)cc(-c3ccccc3)nc12. The van der Waals surface area contributed by atoms with Gasteiger partial charge in [-0.05, 0) is 28.7 Å². The molecule has 0 fully saturated rings. The summed E-state index contributed by atoms with van der Waals surface area (Å²) in [6, 6.07) is 33.0. The second-order valence-electron chi connectivity index (χ2n) is 6.52. The molecule has 2 aromatic heterocycles. The summed E-state index contributed by atoms with van der Waals surface area (Å²) in [5.41, 5.74) is 7.12. The smallest absolute Gasteiger partial charge is 0.170 e. The zero-order valence-electron chi connectivity index (χ0n) is 15.0. The average Bonchev–Trinajstić information content (AvgIpc) is 3.11. The van der Waals surface area contributed by atoms with Crippen LogP contribution in [0.1, 0.15) is 0 Å². The maximum atomic E-state index is 4.97. The van der Waals surface area contributed by atoms with Crippen molar-refractivity contribution in [1.29, 1.82) is 0 Å². The molecule has 0 saturated carbocycles. The normalized spacial score (nSPS) is 11.0. The quantitative estimate of drug-likeness (QED) is 0.287. The van der Waals surface area contributed by atoms with Crippen LogP contribution >= 0.6 is 22.6 Å². The Morgan fingerprint density at radius 1 is 0.643 bits per heavy atom. The molecule has 5 aromatic rings. The maximum Gasteiger partial charge on any atom is 0.170 e. The van der Waals surface area contributed by atoms with Gasteiger partial charge in [0.15, 0.2) is 5.65 Å². The van der Waals surface area contributed by atoms with Gasteiger partial charge in [0.25, 0.3) is 0 Å². The maximum absolute atomic E-state index is 4.97. The third-order valence-corrected chi connectivity index (χ3v) is 5.71. The van der Waals surface area contributed by atoms with Crippen molar-refractivity contribution in [2.24, 2.45) is 0 Å². The summed E-state index contributed by atoms with van der Waals surface area (Å²) in [4.78, 5) is 4.97. The van der Waals surface area contributed by atoms with Crippen LogP contribution in [-0.2, 0) is 0 Å². The predicted molar refractivity (Wildman–Crippen MR) is 122 cm³/mol. The van der Waals surface area contributed by atoms with E-state index in [0.29, 0.717) is 0 Å². The average molecular weight is 473 g/mol. The van der Waals surface area contributed by atoms with E-state index >= 15 is 0 Å². The first-order valence-electron chi connectivity index (χ1n) is 9.07. The number of halogens is 1. The summed E-state index contributed by atoms with van der Waals surface area (Å²) in [5.74, 6) is 0. The minimum Gasteiger partial charge on any atom is -0.227 e. The molecular formula is C24H16IN3. The van der Waals surface area contributed by atoms with E-state index in [-0.39, 0.29) is 0 Å². The first-order chi connectivity index (χ1) is 13.8. The summed E-state index contributed by atoms with van der Waals surface area (Å²) in [7, 11) is 0. The molecule has 28 heavy (non-hydrogen) atoms. The number of nitrogens with zero attached hydrogens (tertiary/aromatic N) is 3. The fraction of sp³-hybridized carbons (Fsp3) is 0. The lowest BCUT2D eigenvalue weighted by atomic mass is 10.1. The molecule has 0 aliphatic rings. The Morgan fingerprint density at radius 3 is 1.79 bits per heavy atom. The van der Waals surface area contributed by atoms with E-state index in [4.69, 9.17) is 10.1 Å². The number of hydrogen-bond donors (Lipinski definition) is 0. The van der Waals surface area contributed by atoms with Gasteiger partial charge < -0.3 is 0 Å². The molecule has 0 amide bonds. The van der Waals surface area contributed by atoms with Gasteiger partial charge >= 0.3 is 0 Å². The number of hydrogen-bond acceptors (Lipinski definition) is 2. The van der Waals surface area contributed by atoms with E-state index in [1.165, 1.54) is 0 Å². The Hall–Kier alpha value is -2.99. The van der Waals surface area contributed by atoms with Crippen LogP contribution in [0.3, 0.4) is 0 Å². The molecule has 0 atom stereocenters. The van der Waals surface area contributed by atoms with Crippen molar-refractivity contribution in [2.75, 3.05) is 0 Å². The van der Waals surface area contributed by atoms with Crippen LogP contribution in [0, 0.1) is 3.57 Å². The molecule has 0 saturated heterocycles.